The highest BCUT2D eigenvalue weighted by atomic mass is 19.4. The lowest BCUT2D eigenvalue weighted by atomic mass is 9.74. The Bertz CT molecular complexity index is 1080. The molecule has 1 aliphatic rings. The van der Waals surface area contributed by atoms with E-state index in [0.717, 1.165) is 32.4 Å². The summed E-state index contributed by atoms with van der Waals surface area (Å²) in [6, 6.07) is 21.6. The minimum absolute atomic E-state index is 0.122. The Labute approximate surface area is 205 Å². The van der Waals surface area contributed by atoms with Crippen LogP contribution in [0.25, 0.3) is 11.1 Å². The Morgan fingerprint density at radius 1 is 0.886 bits per heavy atom. The zero-order valence-corrected chi connectivity index (χ0v) is 20.0. The topological polar surface area (TPSA) is 30.5 Å². The van der Waals surface area contributed by atoms with Crippen LogP contribution in [0, 0.1) is 0 Å². The predicted octanol–water partition coefficient (Wildman–Crippen LogP) is 7.00. The van der Waals surface area contributed by atoms with Crippen LogP contribution in [0.2, 0.25) is 0 Å². The Kier molecular flexibility index (Phi) is 8.14. The summed E-state index contributed by atoms with van der Waals surface area (Å²) >= 11 is 0. The van der Waals surface area contributed by atoms with Gasteiger partial charge in [0.05, 0.1) is 25.4 Å². The van der Waals surface area contributed by atoms with Crippen LogP contribution in [0.3, 0.4) is 0 Å². The Morgan fingerprint density at radius 2 is 1.60 bits per heavy atom. The SMILES string of the molecule is CCCOc1ccc(-c2cc(COCC3(c4ccccc4)CCNCC3)cc(C(F)(F)F)c2)cc1. The zero-order valence-electron chi connectivity index (χ0n) is 20.0. The van der Waals surface area contributed by atoms with E-state index in [0.29, 0.717) is 35.7 Å². The number of alkyl halides is 3. The van der Waals surface area contributed by atoms with Gasteiger partial charge in [0.2, 0.25) is 0 Å². The molecule has 0 aliphatic carbocycles. The average Bonchev–Trinajstić information content (AvgIpc) is 2.88. The molecule has 1 heterocycles. The molecule has 6 heteroatoms. The Hall–Kier alpha value is -2.83. The van der Waals surface area contributed by atoms with Crippen molar-refractivity contribution in [3.05, 3.63) is 89.5 Å². The Morgan fingerprint density at radius 3 is 2.26 bits per heavy atom. The fourth-order valence-electron chi connectivity index (χ4n) is 4.65. The molecular weight excluding hydrogens is 451 g/mol. The van der Waals surface area contributed by atoms with Crippen molar-refractivity contribution < 1.29 is 22.6 Å². The molecule has 0 amide bonds. The summed E-state index contributed by atoms with van der Waals surface area (Å²) in [7, 11) is 0. The van der Waals surface area contributed by atoms with Crippen molar-refractivity contribution in [2.75, 3.05) is 26.3 Å². The molecule has 1 fully saturated rings. The summed E-state index contributed by atoms with van der Waals surface area (Å²) in [5, 5.41) is 3.39. The third-order valence-electron chi connectivity index (χ3n) is 6.57. The maximum atomic E-state index is 13.7. The molecule has 0 unspecified atom stereocenters. The van der Waals surface area contributed by atoms with E-state index in [1.54, 1.807) is 30.3 Å². The van der Waals surface area contributed by atoms with Gasteiger partial charge in [0.25, 0.3) is 0 Å². The summed E-state index contributed by atoms with van der Waals surface area (Å²) in [4.78, 5) is 0. The van der Waals surface area contributed by atoms with Gasteiger partial charge in [0.1, 0.15) is 5.75 Å². The lowest BCUT2D eigenvalue weighted by molar-refractivity contribution is -0.137. The second-order valence-electron chi connectivity index (χ2n) is 9.18. The van der Waals surface area contributed by atoms with Crippen LogP contribution in [-0.4, -0.2) is 26.3 Å². The van der Waals surface area contributed by atoms with E-state index in [1.807, 2.05) is 25.1 Å². The third kappa shape index (κ3) is 6.44. The zero-order chi connectivity index (χ0) is 24.7. The standard InChI is InChI=1S/C29H32F3NO2/c1-2-16-35-27-10-8-23(9-11-27)24-17-22(18-26(19-24)29(30,31)32)20-34-21-28(12-14-33-15-13-28)25-6-4-3-5-7-25/h3-11,17-19,33H,2,12-16,20-21H2,1H3. The normalized spacial score (nSPS) is 15.7. The van der Waals surface area contributed by atoms with Crippen LogP contribution >= 0.6 is 0 Å². The lowest BCUT2D eigenvalue weighted by Crippen LogP contribution is -2.43. The molecule has 4 rings (SSSR count). The number of hydrogen-bond donors (Lipinski definition) is 1. The number of benzene rings is 3. The first-order valence-corrected chi connectivity index (χ1v) is 12.2. The molecule has 0 saturated carbocycles. The minimum Gasteiger partial charge on any atom is -0.494 e. The van der Waals surface area contributed by atoms with Crippen LogP contribution < -0.4 is 10.1 Å². The van der Waals surface area contributed by atoms with E-state index in [9.17, 15) is 13.2 Å². The van der Waals surface area contributed by atoms with Crippen molar-refractivity contribution in [2.24, 2.45) is 0 Å². The van der Waals surface area contributed by atoms with E-state index in [2.05, 4.69) is 17.4 Å². The van der Waals surface area contributed by atoms with Crippen LogP contribution in [0.5, 0.6) is 5.75 Å². The van der Waals surface area contributed by atoms with Gasteiger partial charge in [-0.05, 0) is 84.9 Å². The summed E-state index contributed by atoms with van der Waals surface area (Å²) in [6.07, 6.45) is -1.69. The fraction of sp³-hybridized carbons (Fsp3) is 0.379. The number of ether oxygens (including phenoxy) is 2. The smallest absolute Gasteiger partial charge is 0.416 e. The summed E-state index contributed by atoms with van der Waals surface area (Å²) in [5.74, 6) is 0.708. The minimum atomic E-state index is -4.44. The summed E-state index contributed by atoms with van der Waals surface area (Å²) < 4.78 is 52.8. The van der Waals surface area contributed by atoms with Gasteiger partial charge in [0.15, 0.2) is 0 Å². The summed E-state index contributed by atoms with van der Waals surface area (Å²) in [6.45, 7) is 5.00. The molecule has 35 heavy (non-hydrogen) atoms. The molecule has 186 valence electrons. The van der Waals surface area contributed by atoms with E-state index in [4.69, 9.17) is 9.47 Å². The van der Waals surface area contributed by atoms with Crippen molar-refractivity contribution >= 4 is 0 Å². The van der Waals surface area contributed by atoms with Gasteiger partial charge in [-0.2, -0.15) is 13.2 Å². The van der Waals surface area contributed by atoms with Crippen molar-refractivity contribution in [1.29, 1.82) is 0 Å². The molecule has 3 nitrogen and oxygen atoms in total. The number of hydrogen-bond acceptors (Lipinski definition) is 3. The molecule has 3 aromatic carbocycles. The fourth-order valence-corrected chi connectivity index (χ4v) is 4.65. The van der Waals surface area contributed by atoms with E-state index in [1.165, 1.54) is 17.7 Å². The molecule has 3 aromatic rings. The highest BCUT2D eigenvalue weighted by Crippen LogP contribution is 2.36. The van der Waals surface area contributed by atoms with Crippen molar-refractivity contribution in [3.8, 4) is 16.9 Å². The maximum Gasteiger partial charge on any atom is 0.416 e. The maximum absolute atomic E-state index is 13.7. The van der Waals surface area contributed by atoms with E-state index < -0.39 is 11.7 Å². The van der Waals surface area contributed by atoms with Crippen LogP contribution in [0.1, 0.15) is 42.9 Å². The lowest BCUT2D eigenvalue weighted by Gasteiger charge is -2.38. The first kappa shape index (κ1) is 25.3. The van der Waals surface area contributed by atoms with Gasteiger partial charge in [-0.25, -0.2) is 0 Å². The summed E-state index contributed by atoms with van der Waals surface area (Å²) in [5.41, 5.74) is 2.15. The number of rotatable bonds is 9. The molecule has 1 N–H and O–H groups in total. The molecule has 0 atom stereocenters. The number of halogens is 3. The molecular formula is C29H32F3NO2. The van der Waals surface area contributed by atoms with Crippen molar-refractivity contribution in [3.63, 3.8) is 0 Å². The second kappa shape index (κ2) is 11.3. The van der Waals surface area contributed by atoms with Crippen LogP contribution in [-0.2, 0) is 22.9 Å². The molecule has 0 aromatic heterocycles. The largest absolute Gasteiger partial charge is 0.494 e. The number of nitrogens with one attached hydrogen (secondary N) is 1. The van der Waals surface area contributed by atoms with Gasteiger partial charge in [-0.15, -0.1) is 0 Å². The molecule has 0 radical (unpaired) electrons. The molecule has 1 aliphatic heterocycles. The van der Waals surface area contributed by atoms with Gasteiger partial charge in [0, 0.05) is 5.41 Å². The van der Waals surface area contributed by atoms with Gasteiger partial charge in [-0.3, -0.25) is 0 Å². The predicted molar refractivity (Wildman–Crippen MR) is 133 cm³/mol. The highest BCUT2D eigenvalue weighted by Gasteiger charge is 2.34. The van der Waals surface area contributed by atoms with E-state index in [-0.39, 0.29) is 12.0 Å². The van der Waals surface area contributed by atoms with Gasteiger partial charge in [-0.1, -0.05) is 49.4 Å². The second-order valence-corrected chi connectivity index (χ2v) is 9.18. The first-order chi connectivity index (χ1) is 16.9. The monoisotopic (exact) mass is 483 g/mol. The van der Waals surface area contributed by atoms with Crippen molar-refractivity contribution in [2.45, 2.75) is 44.4 Å². The Balaban J connectivity index is 1.54. The molecule has 0 spiro atoms. The van der Waals surface area contributed by atoms with Crippen LogP contribution in [0.15, 0.2) is 72.8 Å². The molecule has 1 saturated heterocycles. The average molecular weight is 484 g/mol. The highest BCUT2D eigenvalue weighted by molar-refractivity contribution is 5.66. The molecule has 0 bridgehead atoms. The quantitative estimate of drug-likeness (QED) is 0.356. The van der Waals surface area contributed by atoms with Gasteiger partial charge < -0.3 is 14.8 Å². The first-order valence-electron chi connectivity index (χ1n) is 12.2. The van der Waals surface area contributed by atoms with Crippen LogP contribution in [0.4, 0.5) is 13.2 Å². The van der Waals surface area contributed by atoms with E-state index >= 15 is 0 Å². The van der Waals surface area contributed by atoms with Crippen molar-refractivity contribution in [1.82, 2.24) is 5.32 Å². The van der Waals surface area contributed by atoms with Gasteiger partial charge >= 0.3 is 6.18 Å². The third-order valence-corrected chi connectivity index (χ3v) is 6.57. The number of piperidine rings is 1.